The number of hydrogen-bond donors (Lipinski definition) is 0. The van der Waals surface area contributed by atoms with Crippen molar-refractivity contribution in [3.63, 3.8) is 0 Å². The van der Waals surface area contributed by atoms with Crippen molar-refractivity contribution in [2.45, 2.75) is 53.9 Å². The zero-order valence-corrected chi connectivity index (χ0v) is 17.3. The van der Waals surface area contributed by atoms with Crippen LogP contribution in [0, 0.1) is 5.41 Å². The Morgan fingerprint density at radius 3 is 2.19 bits per heavy atom. The highest BCUT2D eigenvalue weighted by molar-refractivity contribution is 5.98. The Morgan fingerprint density at radius 1 is 1.27 bits per heavy atom. The van der Waals surface area contributed by atoms with Crippen molar-refractivity contribution >= 4 is 11.5 Å². The summed E-state index contributed by atoms with van der Waals surface area (Å²) in [5.41, 5.74) is 4.17. The zero-order chi connectivity index (χ0) is 20.2. The van der Waals surface area contributed by atoms with Gasteiger partial charge < -0.3 is 0 Å². The van der Waals surface area contributed by atoms with Crippen molar-refractivity contribution < 1.29 is 4.79 Å². The second-order valence-electron chi connectivity index (χ2n) is 5.99. The maximum atomic E-state index is 10.9. The number of hydrogen-bond acceptors (Lipinski definition) is 3. The van der Waals surface area contributed by atoms with Gasteiger partial charge in [0.2, 0.25) is 0 Å². The molecule has 1 heterocycles. The molecule has 26 heavy (non-hydrogen) atoms. The van der Waals surface area contributed by atoms with Gasteiger partial charge in [-0.05, 0) is 56.2 Å². The van der Waals surface area contributed by atoms with E-state index < -0.39 is 0 Å². The Balaban J connectivity index is 0.000000444. The lowest BCUT2D eigenvalue weighted by Gasteiger charge is -2.12. The second-order valence-corrected chi connectivity index (χ2v) is 5.99. The fourth-order valence-corrected chi connectivity index (χ4v) is 2.52. The first kappa shape index (κ1) is 23.7. The van der Waals surface area contributed by atoms with Gasteiger partial charge in [0, 0.05) is 18.8 Å². The Hall–Kier alpha value is -2.29. The molecule has 3 nitrogen and oxygen atoms in total. The summed E-state index contributed by atoms with van der Waals surface area (Å²) in [7, 11) is 1.72. The lowest BCUT2D eigenvalue weighted by atomic mass is 9.92. The molecule has 1 aliphatic carbocycles. The minimum Gasteiger partial charge on any atom is -0.294 e. The minimum atomic E-state index is 0.0325. The largest absolute Gasteiger partial charge is 0.294 e. The van der Waals surface area contributed by atoms with Crippen LogP contribution >= 0.6 is 0 Å². The fraction of sp³-hybridized carbons (Fsp3) is 0.435. The third-order valence-corrected chi connectivity index (χ3v) is 4.54. The topological polar surface area (TPSA) is 42.3 Å². The maximum Gasteiger partial charge on any atom is 0.161 e. The van der Waals surface area contributed by atoms with Gasteiger partial charge in [0.25, 0.3) is 0 Å². The molecule has 1 aromatic rings. The van der Waals surface area contributed by atoms with Crippen LogP contribution in [0.15, 0.2) is 60.3 Å². The average Bonchev–Trinajstić information content (AvgIpc) is 3.48. The Kier molecular flexibility index (Phi) is 11.1. The number of allylic oxidation sites excluding steroid dienone is 4. The minimum absolute atomic E-state index is 0.0325. The number of ketones is 1. The van der Waals surface area contributed by atoms with Crippen molar-refractivity contribution in [3.8, 4) is 0 Å². The number of nitrogens with zero attached hydrogens (tertiary/aromatic N) is 2. The van der Waals surface area contributed by atoms with Crippen LogP contribution in [0.3, 0.4) is 0 Å². The summed E-state index contributed by atoms with van der Waals surface area (Å²) in [6, 6.07) is 3.57. The SMILES string of the molecule is C=C/C=C(\C=C)C1(CC)CC1.CC.CN=C(C)c1ccc(C(C)=O)cn1. The fourth-order valence-electron chi connectivity index (χ4n) is 2.52. The van der Waals surface area contributed by atoms with Crippen LogP contribution in [0.4, 0.5) is 0 Å². The molecule has 0 radical (unpaired) electrons. The number of carbonyl (C=O) groups excluding carboxylic acids is 1. The van der Waals surface area contributed by atoms with E-state index in [0.717, 1.165) is 11.4 Å². The molecule has 1 saturated carbocycles. The van der Waals surface area contributed by atoms with E-state index in [1.165, 1.54) is 31.8 Å². The molecular formula is C23H34N2O. The van der Waals surface area contributed by atoms with Crippen molar-refractivity contribution in [1.82, 2.24) is 4.98 Å². The maximum absolute atomic E-state index is 10.9. The third kappa shape index (κ3) is 6.91. The first-order valence-electron chi connectivity index (χ1n) is 9.30. The summed E-state index contributed by atoms with van der Waals surface area (Å²) in [4.78, 5) is 19.0. The molecule has 0 saturated heterocycles. The van der Waals surface area contributed by atoms with Crippen LogP contribution in [0.25, 0.3) is 0 Å². The molecule has 1 aromatic heterocycles. The molecule has 0 unspecified atom stereocenters. The lowest BCUT2D eigenvalue weighted by Crippen LogP contribution is -2.00. The van der Waals surface area contributed by atoms with E-state index in [0.29, 0.717) is 11.0 Å². The number of pyridine rings is 1. The first-order chi connectivity index (χ1) is 12.4. The van der Waals surface area contributed by atoms with Gasteiger partial charge in [-0.25, -0.2) is 0 Å². The lowest BCUT2D eigenvalue weighted by molar-refractivity contribution is 0.101. The molecule has 0 amide bonds. The molecule has 0 N–H and O–H groups in total. The molecule has 3 heteroatoms. The number of Topliss-reactive ketones (excluding diaryl/α,β-unsaturated/α-hetero) is 1. The standard InChI is InChI=1S/C11H16.C10H12N2O.C2H6/c1-4-7-10(5-2)11(6-3)8-9-11;1-7(11-3)10-5-4-9(6-12-10)8(2)13;1-2/h4-5,7H,1-2,6,8-9H2,3H3;4-6H,1-3H3;1-2H3/b10-7+;;. The van der Waals surface area contributed by atoms with E-state index in [1.807, 2.05) is 32.9 Å². The van der Waals surface area contributed by atoms with Gasteiger partial charge in [0.1, 0.15) is 0 Å². The second kappa shape index (κ2) is 12.1. The van der Waals surface area contributed by atoms with E-state index in [-0.39, 0.29) is 5.78 Å². The highest BCUT2D eigenvalue weighted by Gasteiger charge is 2.42. The number of aliphatic imine (C=N–C) groups is 1. The summed E-state index contributed by atoms with van der Waals surface area (Å²) in [5.74, 6) is 0.0325. The molecule has 0 bridgehead atoms. The van der Waals surface area contributed by atoms with Gasteiger partial charge >= 0.3 is 0 Å². The van der Waals surface area contributed by atoms with Gasteiger partial charge in [0.05, 0.1) is 11.4 Å². The molecule has 1 aliphatic rings. The van der Waals surface area contributed by atoms with Gasteiger partial charge in [-0.1, -0.05) is 52.2 Å². The summed E-state index contributed by atoms with van der Waals surface area (Å²) in [5, 5.41) is 0. The average molecular weight is 355 g/mol. The van der Waals surface area contributed by atoms with Crippen LogP contribution in [0.2, 0.25) is 0 Å². The highest BCUT2D eigenvalue weighted by Crippen LogP contribution is 2.54. The predicted molar refractivity (Wildman–Crippen MR) is 114 cm³/mol. The summed E-state index contributed by atoms with van der Waals surface area (Å²) in [6.45, 7) is 17.2. The molecule has 0 atom stereocenters. The molecular weight excluding hydrogens is 320 g/mol. The van der Waals surface area contributed by atoms with Crippen molar-refractivity contribution in [2.24, 2.45) is 10.4 Å². The Bertz CT molecular complexity index is 647. The highest BCUT2D eigenvalue weighted by atomic mass is 16.1. The Morgan fingerprint density at radius 2 is 1.88 bits per heavy atom. The molecule has 2 rings (SSSR count). The Labute approximate surface area is 159 Å². The van der Waals surface area contributed by atoms with Crippen LogP contribution in [0.5, 0.6) is 0 Å². The van der Waals surface area contributed by atoms with Crippen LogP contribution in [-0.4, -0.2) is 23.5 Å². The van der Waals surface area contributed by atoms with Crippen molar-refractivity contribution in [3.05, 3.63) is 66.5 Å². The smallest absolute Gasteiger partial charge is 0.161 e. The molecule has 0 spiro atoms. The molecule has 0 aliphatic heterocycles. The van der Waals surface area contributed by atoms with Gasteiger partial charge in [0.15, 0.2) is 5.78 Å². The van der Waals surface area contributed by atoms with E-state index in [9.17, 15) is 4.79 Å². The van der Waals surface area contributed by atoms with Crippen molar-refractivity contribution in [2.75, 3.05) is 7.05 Å². The monoisotopic (exact) mass is 354 g/mol. The van der Waals surface area contributed by atoms with E-state index in [1.54, 1.807) is 25.4 Å². The third-order valence-electron chi connectivity index (χ3n) is 4.54. The zero-order valence-electron chi connectivity index (χ0n) is 17.3. The van der Waals surface area contributed by atoms with Gasteiger partial charge in [-0.15, -0.1) is 0 Å². The van der Waals surface area contributed by atoms with Gasteiger partial charge in [-0.2, -0.15) is 0 Å². The van der Waals surface area contributed by atoms with Crippen LogP contribution < -0.4 is 0 Å². The van der Waals surface area contributed by atoms with E-state index in [4.69, 9.17) is 0 Å². The number of rotatable bonds is 6. The van der Waals surface area contributed by atoms with Gasteiger partial charge in [-0.3, -0.25) is 14.8 Å². The molecule has 1 fully saturated rings. The van der Waals surface area contributed by atoms with E-state index >= 15 is 0 Å². The normalized spacial score (nSPS) is 14.8. The summed E-state index contributed by atoms with van der Waals surface area (Å²) >= 11 is 0. The molecule has 0 aromatic carbocycles. The van der Waals surface area contributed by atoms with E-state index in [2.05, 4.69) is 36.1 Å². The first-order valence-corrected chi connectivity index (χ1v) is 9.30. The molecule has 142 valence electrons. The predicted octanol–water partition coefficient (Wildman–Crippen LogP) is 6.22. The summed E-state index contributed by atoms with van der Waals surface area (Å²) < 4.78 is 0. The van der Waals surface area contributed by atoms with Crippen molar-refractivity contribution in [1.29, 1.82) is 0 Å². The van der Waals surface area contributed by atoms with Crippen LogP contribution in [0.1, 0.15) is 69.9 Å². The summed E-state index contributed by atoms with van der Waals surface area (Å²) in [6.07, 6.45) is 11.4. The van der Waals surface area contributed by atoms with Crippen LogP contribution in [-0.2, 0) is 0 Å². The number of aromatic nitrogens is 1. The quantitative estimate of drug-likeness (QED) is 0.345. The number of carbonyl (C=O) groups is 1.